The van der Waals surface area contributed by atoms with Crippen molar-refractivity contribution in [3.63, 3.8) is 0 Å². The van der Waals surface area contributed by atoms with Crippen LogP contribution in [0.5, 0.6) is 11.5 Å². The number of carboxylic acids is 1. The molecular weight excluding hydrogens is 244 g/mol. The maximum atomic E-state index is 11.4. The van der Waals surface area contributed by atoms with Crippen LogP contribution in [0.4, 0.5) is 0 Å². The molecule has 1 N–H and O–H groups in total. The van der Waals surface area contributed by atoms with Gasteiger partial charge in [-0.05, 0) is 37.5 Å². The molecule has 1 aliphatic carbocycles. The third kappa shape index (κ3) is 2.83. The summed E-state index contributed by atoms with van der Waals surface area (Å²) in [4.78, 5) is 11.4. The SMILES string of the molecule is COc1cc(C)ccc1OCC1(C(=O)O)CCCC1. The zero-order valence-corrected chi connectivity index (χ0v) is 11.4. The Morgan fingerprint density at radius 3 is 2.58 bits per heavy atom. The van der Waals surface area contributed by atoms with Crippen LogP contribution in [-0.2, 0) is 4.79 Å². The summed E-state index contributed by atoms with van der Waals surface area (Å²) in [6, 6.07) is 5.65. The molecule has 4 heteroatoms. The summed E-state index contributed by atoms with van der Waals surface area (Å²) in [5, 5.41) is 9.40. The molecule has 0 saturated heterocycles. The number of hydrogen-bond donors (Lipinski definition) is 1. The molecule has 0 radical (unpaired) electrons. The Bertz CT molecular complexity index is 461. The molecule has 1 aromatic rings. The number of benzene rings is 1. The lowest BCUT2D eigenvalue weighted by atomic mass is 9.87. The van der Waals surface area contributed by atoms with E-state index >= 15 is 0 Å². The predicted molar refractivity (Wildman–Crippen MR) is 71.8 cm³/mol. The zero-order valence-electron chi connectivity index (χ0n) is 11.4. The molecule has 0 amide bonds. The minimum absolute atomic E-state index is 0.210. The zero-order chi connectivity index (χ0) is 13.9. The number of methoxy groups -OCH3 is 1. The molecule has 104 valence electrons. The Labute approximate surface area is 113 Å². The maximum Gasteiger partial charge on any atom is 0.313 e. The Balaban J connectivity index is 2.11. The summed E-state index contributed by atoms with van der Waals surface area (Å²) in [6.45, 7) is 2.18. The Morgan fingerprint density at radius 1 is 1.32 bits per heavy atom. The van der Waals surface area contributed by atoms with Gasteiger partial charge in [0.1, 0.15) is 12.0 Å². The lowest BCUT2D eigenvalue weighted by Crippen LogP contribution is -2.34. The largest absolute Gasteiger partial charge is 0.493 e. The monoisotopic (exact) mass is 264 g/mol. The first-order chi connectivity index (χ1) is 9.07. The molecule has 1 fully saturated rings. The van der Waals surface area contributed by atoms with Crippen LogP contribution in [-0.4, -0.2) is 24.8 Å². The second kappa shape index (κ2) is 5.51. The van der Waals surface area contributed by atoms with Crippen LogP contribution in [0.1, 0.15) is 31.2 Å². The van der Waals surface area contributed by atoms with Crippen molar-refractivity contribution >= 4 is 5.97 Å². The maximum absolute atomic E-state index is 11.4. The van der Waals surface area contributed by atoms with Gasteiger partial charge < -0.3 is 14.6 Å². The summed E-state index contributed by atoms with van der Waals surface area (Å²) in [5.41, 5.74) is 0.355. The van der Waals surface area contributed by atoms with Gasteiger partial charge in [-0.25, -0.2) is 0 Å². The van der Waals surface area contributed by atoms with Crippen molar-refractivity contribution in [2.45, 2.75) is 32.6 Å². The van der Waals surface area contributed by atoms with E-state index in [2.05, 4.69) is 0 Å². The van der Waals surface area contributed by atoms with Crippen LogP contribution in [0.3, 0.4) is 0 Å². The lowest BCUT2D eigenvalue weighted by molar-refractivity contribution is -0.150. The highest BCUT2D eigenvalue weighted by atomic mass is 16.5. The van der Waals surface area contributed by atoms with E-state index in [0.717, 1.165) is 18.4 Å². The Hall–Kier alpha value is -1.71. The number of aryl methyl sites for hydroxylation is 1. The van der Waals surface area contributed by atoms with Crippen molar-refractivity contribution in [3.8, 4) is 11.5 Å². The third-order valence-corrected chi connectivity index (χ3v) is 3.84. The second-order valence-corrected chi connectivity index (χ2v) is 5.24. The van der Waals surface area contributed by atoms with Gasteiger partial charge >= 0.3 is 5.97 Å². The Morgan fingerprint density at radius 2 is 2.00 bits per heavy atom. The molecule has 0 bridgehead atoms. The summed E-state index contributed by atoms with van der Waals surface area (Å²) in [7, 11) is 1.59. The topological polar surface area (TPSA) is 55.8 Å². The molecule has 0 unspecified atom stereocenters. The van der Waals surface area contributed by atoms with Gasteiger partial charge in [0, 0.05) is 0 Å². The van der Waals surface area contributed by atoms with Crippen molar-refractivity contribution < 1.29 is 19.4 Å². The van der Waals surface area contributed by atoms with Crippen LogP contribution in [0, 0.1) is 12.3 Å². The summed E-state index contributed by atoms with van der Waals surface area (Å²) in [6.07, 6.45) is 3.30. The molecule has 0 spiro atoms. The predicted octanol–water partition coefficient (Wildman–Crippen LogP) is 3.03. The molecule has 1 aromatic carbocycles. The highest BCUT2D eigenvalue weighted by Crippen LogP contribution is 2.39. The molecular formula is C15H20O4. The first-order valence-corrected chi connectivity index (χ1v) is 6.58. The highest BCUT2D eigenvalue weighted by molar-refractivity contribution is 5.75. The van der Waals surface area contributed by atoms with Gasteiger partial charge in [0.2, 0.25) is 0 Å². The van der Waals surface area contributed by atoms with Gasteiger partial charge in [-0.2, -0.15) is 0 Å². The minimum atomic E-state index is -0.754. The first kappa shape index (κ1) is 13.7. The van der Waals surface area contributed by atoms with E-state index < -0.39 is 11.4 Å². The fourth-order valence-corrected chi connectivity index (χ4v) is 2.58. The van der Waals surface area contributed by atoms with Gasteiger partial charge in [0.05, 0.1) is 7.11 Å². The van der Waals surface area contributed by atoms with Gasteiger partial charge in [-0.1, -0.05) is 18.9 Å². The van der Waals surface area contributed by atoms with E-state index in [1.54, 1.807) is 7.11 Å². The minimum Gasteiger partial charge on any atom is -0.493 e. The first-order valence-electron chi connectivity index (χ1n) is 6.58. The quantitative estimate of drug-likeness (QED) is 0.888. The number of carboxylic acid groups (broad SMARTS) is 1. The van der Waals surface area contributed by atoms with Crippen molar-refractivity contribution in [2.75, 3.05) is 13.7 Å². The second-order valence-electron chi connectivity index (χ2n) is 5.24. The molecule has 0 aliphatic heterocycles. The van der Waals surface area contributed by atoms with Crippen molar-refractivity contribution in [3.05, 3.63) is 23.8 Å². The van der Waals surface area contributed by atoms with Crippen LogP contribution < -0.4 is 9.47 Å². The molecule has 0 heterocycles. The van der Waals surface area contributed by atoms with E-state index in [4.69, 9.17) is 9.47 Å². The number of carbonyl (C=O) groups is 1. The normalized spacial score (nSPS) is 17.2. The van der Waals surface area contributed by atoms with E-state index in [1.165, 1.54) is 0 Å². The number of hydrogen-bond acceptors (Lipinski definition) is 3. The van der Waals surface area contributed by atoms with E-state index in [1.807, 2.05) is 25.1 Å². The molecule has 1 saturated carbocycles. The average molecular weight is 264 g/mol. The summed E-state index contributed by atoms with van der Waals surface area (Å²) < 4.78 is 11.0. The average Bonchev–Trinajstić information content (AvgIpc) is 2.87. The Kier molecular flexibility index (Phi) is 3.98. The number of aliphatic carboxylic acids is 1. The fraction of sp³-hybridized carbons (Fsp3) is 0.533. The smallest absolute Gasteiger partial charge is 0.313 e. The van der Waals surface area contributed by atoms with Crippen LogP contribution in [0.15, 0.2) is 18.2 Å². The number of rotatable bonds is 5. The van der Waals surface area contributed by atoms with Crippen LogP contribution in [0.2, 0.25) is 0 Å². The fourth-order valence-electron chi connectivity index (χ4n) is 2.58. The third-order valence-electron chi connectivity index (χ3n) is 3.84. The lowest BCUT2D eigenvalue weighted by Gasteiger charge is -2.24. The molecule has 0 aromatic heterocycles. The van der Waals surface area contributed by atoms with E-state index in [-0.39, 0.29) is 6.61 Å². The standard InChI is InChI=1S/C15H20O4/c1-11-5-6-12(13(9-11)18-2)19-10-15(14(16)17)7-3-4-8-15/h5-6,9H,3-4,7-8,10H2,1-2H3,(H,16,17). The van der Waals surface area contributed by atoms with Crippen LogP contribution in [0.25, 0.3) is 0 Å². The van der Waals surface area contributed by atoms with Gasteiger partial charge in [-0.15, -0.1) is 0 Å². The van der Waals surface area contributed by atoms with Crippen molar-refractivity contribution in [1.29, 1.82) is 0 Å². The van der Waals surface area contributed by atoms with Crippen molar-refractivity contribution in [2.24, 2.45) is 5.41 Å². The highest BCUT2D eigenvalue weighted by Gasteiger charge is 2.42. The van der Waals surface area contributed by atoms with E-state index in [0.29, 0.717) is 24.3 Å². The summed E-state index contributed by atoms with van der Waals surface area (Å²) in [5.74, 6) is 0.509. The molecule has 4 nitrogen and oxygen atoms in total. The van der Waals surface area contributed by atoms with Gasteiger partial charge in [0.15, 0.2) is 11.5 Å². The molecule has 19 heavy (non-hydrogen) atoms. The summed E-state index contributed by atoms with van der Waals surface area (Å²) >= 11 is 0. The number of ether oxygens (including phenoxy) is 2. The van der Waals surface area contributed by atoms with Gasteiger partial charge in [-0.3, -0.25) is 4.79 Å². The van der Waals surface area contributed by atoms with Gasteiger partial charge in [0.25, 0.3) is 0 Å². The molecule has 1 aliphatic rings. The van der Waals surface area contributed by atoms with Crippen molar-refractivity contribution in [1.82, 2.24) is 0 Å². The molecule has 0 atom stereocenters. The van der Waals surface area contributed by atoms with Crippen LogP contribution >= 0.6 is 0 Å². The van der Waals surface area contributed by atoms with E-state index in [9.17, 15) is 9.90 Å². The molecule has 2 rings (SSSR count).